The van der Waals surface area contributed by atoms with Crippen molar-refractivity contribution in [2.75, 3.05) is 19.6 Å². The molecule has 2 saturated heterocycles. The van der Waals surface area contributed by atoms with Gasteiger partial charge in [0.1, 0.15) is 0 Å². The van der Waals surface area contributed by atoms with E-state index in [1.807, 2.05) is 18.7 Å². The van der Waals surface area contributed by atoms with E-state index in [0.29, 0.717) is 18.2 Å². The molecule has 2 fully saturated rings. The number of aryl methyl sites for hydroxylation is 2. The largest absolute Gasteiger partial charge is 0.342 e. The molecule has 0 aliphatic carbocycles. The number of nitrogens with zero attached hydrogens (tertiary/aromatic N) is 2. The summed E-state index contributed by atoms with van der Waals surface area (Å²) < 4.78 is 0. The molecular formula is C23H34N2O2. The van der Waals surface area contributed by atoms with Crippen LogP contribution in [0.1, 0.15) is 68.7 Å². The van der Waals surface area contributed by atoms with Crippen LogP contribution in [0.2, 0.25) is 0 Å². The van der Waals surface area contributed by atoms with Gasteiger partial charge in [-0.3, -0.25) is 9.59 Å². The summed E-state index contributed by atoms with van der Waals surface area (Å²) in [7, 11) is 0. The molecule has 2 aliphatic heterocycles. The Bertz CT molecular complexity index is 690. The Morgan fingerprint density at radius 3 is 2.37 bits per heavy atom. The Morgan fingerprint density at radius 2 is 1.74 bits per heavy atom. The maximum absolute atomic E-state index is 13.0. The molecule has 27 heavy (non-hydrogen) atoms. The third-order valence-electron chi connectivity index (χ3n) is 6.37. The van der Waals surface area contributed by atoms with Crippen molar-refractivity contribution < 1.29 is 9.59 Å². The average Bonchev–Trinajstić information content (AvgIpc) is 3.14. The Labute approximate surface area is 163 Å². The highest BCUT2D eigenvalue weighted by Crippen LogP contribution is 2.34. The van der Waals surface area contributed by atoms with Gasteiger partial charge >= 0.3 is 0 Å². The van der Waals surface area contributed by atoms with Crippen LogP contribution in [0.4, 0.5) is 0 Å². The van der Waals surface area contributed by atoms with E-state index in [1.54, 1.807) is 0 Å². The van der Waals surface area contributed by atoms with E-state index in [1.165, 1.54) is 16.7 Å². The second kappa shape index (κ2) is 8.45. The summed E-state index contributed by atoms with van der Waals surface area (Å²) in [4.78, 5) is 29.2. The van der Waals surface area contributed by atoms with Gasteiger partial charge in [-0.1, -0.05) is 32.0 Å². The molecule has 0 bridgehead atoms. The molecule has 148 valence electrons. The topological polar surface area (TPSA) is 40.6 Å². The summed E-state index contributed by atoms with van der Waals surface area (Å²) in [5, 5.41) is 0. The molecule has 4 heteroatoms. The minimum absolute atomic E-state index is 0.0616. The molecule has 2 aliphatic rings. The number of piperidine rings is 1. The second-order valence-corrected chi connectivity index (χ2v) is 8.72. The maximum Gasteiger partial charge on any atom is 0.225 e. The van der Waals surface area contributed by atoms with Crippen LogP contribution in [0.15, 0.2) is 18.2 Å². The van der Waals surface area contributed by atoms with Crippen LogP contribution in [-0.4, -0.2) is 41.2 Å². The predicted octanol–water partition coefficient (Wildman–Crippen LogP) is 4.25. The van der Waals surface area contributed by atoms with Gasteiger partial charge in [0.05, 0.1) is 6.04 Å². The van der Waals surface area contributed by atoms with Gasteiger partial charge in [-0.2, -0.15) is 0 Å². The normalized spacial score (nSPS) is 21.1. The molecule has 0 saturated carbocycles. The Kier molecular flexibility index (Phi) is 6.23. The molecule has 4 nitrogen and oxygen atoms in total. The van der Waals surface area contributed by atoms with Crippen LogP contribution in [0.3, 0.4) is 0 Å². The fourth-order valence-corrected chi connectivity index (χ4v) is 4.47. The first-order chi connectivity index (χ1) is 12.9. The van der Waals surface area contributed by atoms with Crippen molar-refractivity contribution in [3.8, 4) is 0 Å². The molecule has 1 atom stereocenters. The first-order valence-electron chi connectivity index (χ1n) is 10.5. The molecule has 0 unspecified atom stereocenters. The highest BCUT2D eigenvalue weighted by Gasteiger charge is 2.32. The lowest BCUT2D eigenvalue weighted by molar-refractivity contribution is -0.136. The Morgan fingerprint density at radius 1 is 1.04 bits per heavy atom. The molecular weight excluding hydrogens is 336 g/mol. The third-order valence-corrected chi connectivity index (χ3v) is 6.37. The van der Waals surface area contributed by atoms with Crippen LogP contribution < -0.4 is 0 Å². The van der Waals surface area contributed by atoms with E-state index >= 15 is 0 Å². The fourth-order valence-electron chi connectivity index (χ4n) is 4.47. The van der Waals surface area contributed by atoms with Crippen LogP contribution >= 0.6 is 0 Å². The van der Waals surface area contributed by atoms with E-state index < -0.39 is 0 Å². The van der Waals surface area contributed by atoms with Gasteiger partial charge in [0.2, 0.25) is 11.8 Å². The molecule has 0 aromatic heterocycles. The van der Waals surface area contributed by atoms with Gasteiger partial charge in [0.15, 0.2) is 0 Å². The first-order valence-corrected chi connectivity index (χ1v) is 10.5. The summed E-state index contributed by atoms with van der Waals surface area (Å²) in [5.74, 6) is 1.01. The highest BCUT2D eigenvalue weighted by atomic mass is 16.2. The van der Waals surface area contributed by atoms with Crippen molar-refractivity contribution in [3.05, 3.63) is 34.9 Å². The van der Waals surface area contributed by atoms with E-state index in [9.17, 15) is 9.59 Å². The smallest absolute Gasteiger partial charge is 0.225 e. The van der Waals surface area contributed by atoms with E-state index in [0.717, 1.165) is 45.3 Å². The molecule has 2 heterocycles. The van der Waals surface area contributed by atoms with E-state index in [2.05, 4.69) is 36.9 Å². The van der Waals surface area contributed by atoms with Gasteiger partial charge < -0.3 is 9.80 Å². The Hall–Kier alpha value is -1.84. The fraction of sp³-hybridized carbons (Fsp3) is 0.652. The summed E-state index contributed by atoms with van der Waals surface area (Å²) in [6.45, 7) is 10.7. The first kappa shape index (κ1) is 19.9. The van der Waals surface area contributed by atoms with E-state index in [4.69, 9.17) is 0 Å². The number of carbonyl (C=O) groups excluding carboxylic acids is 2. The molecule has 0 spiro atoms. The predicted molar refractivity (Wildman–Crippen MR) is 108 cm³/mol. The SMILES string of the molecule is Cc1ccc([C@H]2CCCN2C(=O)CC2CCN(C(=O)C(C)C)CC2)cc1C. The number of hydrogen-bond acceptors (Lipinski definition) is 2. The molecule has 1 aromatic rings. The number of likely N-dealkylation sites (tertiary alicyclic amines) is 2. The number of hydrogen-bond donors (Lipinski definition) is 0. The summed E-state index contributed by atoms with van der Waals surface area (Å²) in [6.07, 6.45) is 4.68. The van der Waals surface area contributed by atoms with Gasteiger partial charge in [-0.25, -0.2) is 0 Å². The van der Waals surface area contributed by atoms with Crippen molar-refractivity contribution in [2.24, 2.45) is 11.8 Å². The monoisotopic (exact) mass is 370 g/mol. The van der Waals surface area contributed by atoms with Crippen molar-refractivity contribution in [3.63, 3.8) is 0 Å². The Balaban J connectivity index is 1.57. The van der Waals surface area contributed by atoms with Gasteiger partial charge in [-0.15, -0.1) is 0 Å². The molecule has 2 amide bonds. The molecule has 3 rings (SSSR count). The lowest BCUT2D eigenvalue weighted by Crippen LogP contribution is -2.41. The third kappa shape index (κ3) is 4.53. The molecule has 1 aromatic carbocycles. The maximum atomic E-state index is 13.0. The molecule has 0 N–H and O–H groups in total. The van der Waals surface area contributed by atoms with Crippen molar-refractivity contribution >= 4 is 11.8 Å². The second-order valence-electron chi connectivity index (χ2n) is 8.72. The van der Waals surface area contributed by atoms with Gasteiger partial charge in [0.25, 0.3) is 0 Å². The minimum atomic E-state index is 0.0616. The zero-order valence-electron chi connectivity index (χ0n) is 17.3. The average molecular weight is 371 g/mol. The zero-order chi connectivity index (χ0) is 19.6. The summed E-state index contributed by atoms with van der Waals surface area (Å²) >= 11 is 0. The lowest BCUT2D eigenvalue weighted by atomic mass is 9.92. The minimum Gasteiger partial charge on any atom is -0.342 e. The molecule has 0 radical (unpaired) electrons. The summed E-state index contributed by atoms with van der Waals surface area (Å²) in [5.41, 5.74) is 3.88. The lowest BCUT2D eigenvalue weighted by Gasteiger charge is -2.34. The number of carbonyl (C=O) groups is 2. The quantitative estimate of drug-likeness (QED) is 0.795. The van der Waals surface area contributed by atoms with Gasteiger partial charge in [0, 0.05) is 32.0 Å². The number of rotatable bonds is 4. The van der Waals surface area contributed by atoms with Crippen molar-refractivity contribution in [1.29, 1.82) is 0 Å². The van der Waals surface area contributed by atoms with E-state index in [-0.39, 0.29) is 17.9 Å². The van der Waals surface area contributed by atoms with Crippen LogP contribution in [0, 0.1) is 25.7 Å². The van der Waals surface area contributed by atoms with Crippen LogP contribution in [0.5, 0.6) is 0 Å². The van der Waals surface area contributed by atoms with Crippen LogP contribution in [-0.2, 0) is 9.59 Å². The number of benzene rings is 1. The van der Waals surface area contributed by atoms with Crippen molar-refractivity contribution in [1.82, 2.24) is 9.80 Å². The zero-order valence-corrected chi connectivity index (χ0v) is 17.3. The van der Waals surface area contributed by atoms with Crippen LogP contribution in [0.25, 0.3) is 0 Å². The van der Waals surface area contributed by atoms with Crippen molar-refractivity contribution in [2.45, 2.75) is 65.8 Å². The van der Waals surface area contributed by atoms with Gasteiger partial charge in [-0.05, 0) is 62.1 Å². The number of amides is 2. The standard InChI is InChI=1S/C23H34N2O2/c1-16(2)23(27)24-12-9-19(10-13-24)15-22(26)25-11-5-6-21(25)20-8-7-17(3)18(4)14-20/h7-8,14,16,19,21H,5-6,9-13,15H2,1-4H3/t21-/m1/s1. The highest BCUT2D eigenvalue weighted by molar-refractivity contribution is 5.79. The summed E-state index contributed by atoms with van der Waals surface area (Å²) in [6, 6.07) is 6.85.